The smallest absolute Gasteiger partial charge is 0.410 e. The van der Waals surface area contributed by atoms with E-state index in [0.717, 1.165) is 54.0 Å². The Morgan fingerprint density at radius 1 is 1.11 bits per heavy atom. The maximum Gasteiger partial charge on any atom is 0.410 e. The number of benzene rings is 1. The lowest BCUT2D eigenvalue weighted by molar-refractivity contribution is -0.142. The molecule has 9 nitrogen and oxygen atoms in total. The summed E-state index contributed by atoms with van der Waals surface area (Å²) in [5.74, 6) is 0.389. The normalized spacial score (nSPS) is 23.7. The average molecular weight is 492 g/mol. The molecule has 0 spiro atoms. The lowest BCUT2D eigenvalue weighted by Crippen LogP contribution is -2.58. The molecule has 2 aliphatic heterocycles. The van der Waals surface area contributed by atoms with E-state index in [1.54, 1.807) is 11.1 Å². The molecule has 3 amide bonds. The number of carbonyl (C=O) groups excluding carboxylic acids is 3. The number of hydrogen-bond donors (Lipinski definition) is 2. The lowest BCUT2D eigenvalue weighted by Gasteiger charge is -2.43. The van der Waals surface area contributed by atoms with Gasteiger partial charge in [-0.05, 0) is 73.1 Å². The van der Waals surface area contributed by atoms with E-state index in [-0.39, 0.29) is 11.8 Å². The number of likely N-dealkylation sites (tertiary alicyclic amines) is 2. The lowest BCUT2D eigenvalue weighted by atomic mass is 9.78. The van der Waals surface area contributed by atoms with Crippen LogP contribution in [0.15, 0.2) is 42.1 Å². The Hall–Kier alpha value is -3.62. The van der Waals surface area contributed by atoms with Crippen molar-refractivity contribution in [2.45, 2.75) is 57.2 Å². The van der Waals surface area contributed by atoms with Crippen LogP contribution in [0.25, 0.3) is 10.8 Å². The molecule has 3 atom stereocenters. The Kier molecular flexibility index (Phi) is 6.80. The number of carbonyl (C=O) groups is 3. The summed E-state index contributed by atoms with van der Waals surface area (Å²) in [4.78, 5) is 47.0. The van der Waals surface area contributed by atoms with Gasteiger partial charge in [-0.15, -0.1) is 0 Å². The number of nitrogen functional groups attached to an aromatic ring is 1. The number of anilines is 1. The van der Waals surface area contributed by atoms with Gasteiger partial charge in [0.1, 0.15) is 17.9 Å². The molecule has 2 fully saturated rings. The summed E-state index contributed by atoms with van der Waals surface area (Å²) in [6.45, 7) is 1.31. The third kappa shape index (κ3) is 4.50. The number of nitrogens with zero attached hydrogens (tertiary/aromatic N) is 3. The van der Waals surface area contributed by atoms with E-state index in [4.69, 9.17) is 10.5 Å². The van der Waals surface area contributed by atoms with Gasteiger partial charge in [0.15, 0.2) is 0 Å². The van der Waals surface area contributed by atoms with Crippen molar-refractivity contribution in [3.63, 3.8) is 0 Å². The summed E-state index contributed by atoms with van der Waals surface area (Å²) < 4.78 is 5.01. The van der Waals surface area contributed by atoms with Gasteiger partial charge in [0.2, 0.25) is 5.91 Å². The van der Waals surface area contributed by atoms with Crippen LogP contribution in [-0.2, 0) is 20.9 Å². The van der Waals surface area contributed by atoms with Crippen LogP contribution in [0.5, 0.6) is 0 Å². The molecule has 9 heteroatoms. The fraction of sp³-hybridized carbons (Fsp3) is 0.481. The van der Waals surface area contributed by atoms with E-state index >= 15 is 0 Å². The van der Waals surface area contributed by atoms with E-state index in [0.29, 0.717) is 37.8 Å². The second-order valence-electron chi connectivity index (χ2n) is 9.85. The van der Waals surface area contributed by atoms with Gasteiger partial charge in [-0.3, -0.25) is 14.5 Å². The number of allylic oxidation sites excluding steroid dienone is 1. The van der Waals surface area contributed by atoms with Crippen molar-refractivity contribution in [3.8, 4) is 0 Å². The van der Waals surface area contributed by atoms with Gasteiger partial charge in [-0.25, -0.2) is 9.78 Å². The summed E-state index contributed by atoms with van der Waals surface area (Å²) >= 11 is 0. The summed E-state index contributed by atoms with van der Waals surface area (Å²) in [6.07, 6.45) is 8.50. The number of nitrogens with one attached hydrogen (secondary N) is 1. The molecule has 0 bridgehead atoms. The summed E-state index contributed by atoms with van der Waals surface area (Å²) in [5, 5.41) is 4.83. The molecule has 3 N–H and O–H groups in total. The number of pyridine rings is 1. The van der Waals surface area contributed by atoms with Crippen LogP contribution < -0.4 is 11.1 Å². The van der Waals surface area contributed by atoms with E-state index in [1.165, 1.54) is 12.0 Å². The number of nitrogens with two attached hydrogens (primary N) is 1. The zero-order valence-electron chi connectivity index (χ0n) is 20.6. The van der Waals surface area contributed by atoms with Gasteiger partial charge in [0, 0.05) is 31.2 Å². The number of aromatic nitrogens is 1. The van der Waals surface area contributed by atoms with Gasteiger partial charge >= 0.3 is 6.09 Å². The predicted octanol–water partition coefficient (Wildman–Crippen LogP) is 2.99. The Bertz CT molecular complexity index is 1210. The maximum atomic E-state index is 13.9. The third-order valence-electron chi connectivity index (χ3n) is 7.76. The first kappa shape index (κ1) is 24.1. The molecule has 3 aliphatic rings. The van der Waals surface area contributed by atoms with Crippen molar-refractivity contribution in [1.29, 1.82) is 0 Å². The number of fused-ring (bicyclic) bond motifs is 2. The Morgan fingerprint density at radius 2 is 1.97 bits per heavy atom. The molecule has 1 aliphatic carbocycles. The highest BCUT2D eigenvalue weighted by Gasteiger charge is 2.46. The van der Waals surface area contributed by atoms with Crippen LogP contribution >= 0.6 is 0 Å². The molecule has 190 valence electrons. The van der Waals surface area contributed by atoms with Crippen molar-refractivity contribution >= 4 is 34.5 Å². The molecule has 36 heavy (non-hydrogen) atoms. The zero-order chi connectivity index (χ0) is 25.2. The van der Waals surface area contributed by atoms with Crippen LogP contribution in [0.4, 0.5) is 10.6 Å². The van der Waals surface area contributed by atoms with Crippen molar-refractivity contribution in [1.82, 2.24) is 20.1 Å². The Morgan fingerprint density at radius 3 is 2.81 bits per heavy atom. The van der Waals surface area contributed by atoms with E-state index in [2.05, 4.69) is 16.4 Å². The molecule has 1 aromatic carbocycles. The van der Waals surface area contributed by atoms with Crippen molar-refractivity contribution in [2.24, 2.45) is 5.92 Å². The molecule has 5 rings (SSSR count). The third-order valence-corrected chi connectivity index (χ3v) is 7.76. The minimum absolute atomic E-state index is 0.180. The summed E-state index contributed by atoms with van der Waals surface area (Å²) in [5.41, 5.74) is 7.93. The second kappa shape index (κ2) is 10.2. The highest BCUT2D eigenvalue weighted by molar-refractivity contribution is 5.94. The molecule has 0 saturated carbocycles. The van der Waals surface area contributed by atoms with Crippen molar-refractivity contribution in [3.05, 3.63) is 47.7 Å². The molecule has 2 saturated heterocycles. The minimum atomic E-state index is -0.694. The number of ether oxygens (including phenoxy) is 1. The van der Waals surface area contributed by atoms with Gasteiger partial charge in [-0.2, -0.15) is 0 Å². The number of hydrogen-bond acceptors (Lipinski definition) is 6. The van der Waals surface area contributed by atoms with Crippen LogP contribution in [0.1, 0.15) is 44.1 Å². The first-order valence-electron chi connectivity index (χ1n) is 12.7. The highest BCUT2D eigenvalue weighted by atomic mass is 16.5. The molecule has 2 unspecified atom stereocenters. The fourth-order valence-corrected chi connectivity index (χ4v) is 5.92. The molecule has 0 radical (unpaired) electrons. The van der Waals surface area contributed by atoms with Gasteiger partial charge in [0.25, 0.3) is 5.91 Å². The number of amides is 3. The highest BCUT2D eigenvalue weighted by Crippen LogP contribution is 2.38. The fourth-order valence-electron chi connectivity index (χ4n) is 5.92. The van der Waals surface area contributed by atoms with E-state index in [9.17, 15) is 14.4 Å². The van der Waals surface area contributed by atoms with E-state index in [1.807, 2.05) is 24.3 Å². The SMILES string of the molecule is COC(=O)N1CCC2CCCC=C2C1C(=O)N1CCC[C@H]1C(=O)NCc1ccc2ccnc(N)c2c1. The Balaban J connectivity index is 1.32. The summed E-state index contributed by atoms with van der Waals surface area (Å²) in [6, 6.07) is 6.48. The molecular weight excluding hydrogens is 458 g/mol. The molecule has 1 aromatic heterocycles. The summed E-state index contributed by atoms with van der Waals surface area (Å²) in [7, 11) is 1.34. The van der Waals surface area contributed by atoms with Crippen LogP contribution in [0.3, 0.4) is 0 Å². The number of rotatable bonds is 4. The second-order valence-corrected chi connectivity index (χ2v) is 9.85. The largest absolute Gasteiger partial charge is 0.453 e. The van der Waals surface area contributed by atoms with E-state index < -0.39 is 18.2 Å². The maximum absolute atomic E-state index is 13.9. The zero-order valence-corrected chi connectivity index (χ0v) is 20.6. The molecular formula is C27H33N5O4. The molecule has 2 aromatic rings. The van der Waals surface area contributed by atoms with Crippen LogP contribution in [0, 0.1) is 5.92 Å². The van der Waals surface area contributed by atoms with Gasteiger partial charge < -0.3 is 20.7 Å². The predicted molar refractivity (Wildman–Crippen MR) is 136 cm³/mol. The first-order chi connectivity index (χ1) is 17.5. The Labute approximate surface area is 210 Å². The standard InChI is InChI=1S/C27H33N5O4/c1-36-27(35)32-14-11-18-5-2-3-6-20(18)23(32)26(34)31-13-4-7-22(31)25(33)30-16-17-8-9-19-10-12-29-24(28)21(19)15-17/h6,8-10,12,15,18,22-23H,2-5,7,11,13-14,16H2,1H3,(H2,28,29)(H,30,33)/t18?,22-,23?/m0/s1. The minimum Gasteiger partial charge on any atom is -0.453 e. The van der Waals surface area contributed by atoms with Gasteiger partial charge in [-0.1, -0.05) is 18.2 Å². The average Bonchev–Trinajstić information content (AvgIpc) is 3.41. The molecule has 3 heterocycles. The van der Waals surface area contributed by atoms with Gasteiger partial charge in [0.05, 0.1) is 7.11 Å². The van der Waals surface area contributed by atoms with Crippen LogP contribution in [0.2, 0.25) is 0 Å². The topological polar surface area (TPSA) is 118 Å². The van der Waals surface area contributed by atoms with Crippen molar-refractivity contribution < 1.29 is 19.1 Å². The monoisotopic (exact) mass is 491 g/mol. The number of piperidine rings is 1. The first-order valence-corrected chi connectivity index (χ1v) is 12.7. The number of methoxy groups -OCH3 is 1. The van der Waals surface area contributed by atoms with Crippen molar-refractivity contribution in [2.75, 3.05) is 25.9 Å². The quantitative estimate of drug-likeness (QED) is 0.635. The van der Waals surface area contributed by atoms with Crippen LogP contribution in [-0.4, -0.2) is 65.0 Å².